The monoisotopic (exact) mass is 266 g/mol. The SMILES string of the molecule is NC(CC(=O)NCC[C@H](O)C(=O)O)c1ccccc1. The second-order valence-corrected chi connectivity index (χ2v) is 4.21. The normalized spacial score (nSPS) is 13.6. The minimum absolute atomic E-state index is 0.0261. The third kappa shape index (κ3) is 5.50. The lowest BCUT2D eigenvalue weighted by Gasteiger charge is -2.12. The number of nitrogens with one attached hydrogen (secondary N) is 1. The van der Waals surface area contributed by atoms with Gasteiger partial charge < -0.3 is 21.3 Å². The van der Waals surface area contributed by atoms with E-state index in [2.05, 4.69) is 5.32 Å². The van der Waals surface area contributed by atoms with Crippen molar-refractivity contribution >= 4 is 11.9 Å². The minimum atomic E-state index is -1.46. The van der Waals surface area contributed by atoms with Crippen LogP contribution in [0.1, 0.15) is 24.4 Å². The number of aliphatic carboxylic acids is 1. The van der Waals surface area contributed by atoms with Crippen LogP contribution >= 0.6 is 0 Å². The molecule has 0 saturated heterocycles. The summed E-state index contributed by atoms with van der Waals surface area (Å²) >= 11 is 0. The van der Waals surface area contributed by atoms with Crippen LogP contribution in [0.15, 0.2) is 30.3 Å². The van der Waals surface area contributed by atoms with Crippen LogP contribution in [-0.2, 0) is 9.59 Å². The number of hydrogen-bond acceptors (Lipinski definition) is 4. The van der Waals surface area contributed by atoms with Crippen molar-refractivity contribution in [3.8, 4) is 0 Å². The number of carbonyl (C=O) groups is 2. The maximum atomic E-state index is 11.6. The molecular formula is C13H18N2O4. The van der Waals surface area contributed by atoms with E-state index in [0.29, 0.717) is 0 Å². The lowest BCUT2D eigenvalue weighted by Crippen LogP contribution is -2.31. The van der Waals surface area contributed by atoms with Gasteiger partial charge in [0.15, 0.2) is 6.10 Å². The Morgan fingerprint density at radius 1 is 1.26 bits per heavy atom. The zero-order chi connectivity index (χ0) is 14.3. The predicted octanol–water partition coefficient (Wildman–Crippen LogP) is 0.0283. The first-order chi connectivity index (χ1) is 9.00. The third-order valence-electron chi connectivity index (χ3n) is 2.66. The van der Waals surface area contributed by atoms with Gasteiger partial charge in [0, 0.05) is 25.4 Å². The van der Waals surface area contributed by atoms with E-state index in [0.717, 1.165) is 5.56 Å². The molecule has 0 aliphatic heterocycles. The molecule has 0 aromatic heterocycles. The molecule has 0 fully saturated rings. The summed E-state index contributed by atoms with van der Waals surface area (Å²) in [5.74, 6) is -1.57. The Hall–Kier alpha value is -1.92. The molecule has 1 rings (SSSR count). The second-order valence-electron chi connectivity index (χ2n) is 4.21. The summed E-state index contributed by atoms with van der Waals surface area (Å²) in [4.78, 5) is 21.9. The molecule has 1 aromatic carbocycles. The molecule has 0 radical (unpaired) electrons. The summed E-state index contributed by atoms with van der Waals surface area (Å²) < 4.78 is 0. The van der Waals surface area contributed by atoms with Gasteiger partial charge >= 0.3 is 5.97 Å². The lowest BCUT2D eigenvalue weighted by atomic mass is 10.0. The smallest absolute Gasteiger partial charge is 0.332 e. The highest BCUT2D eigenvalue weighted by atomic mass is 16.4. The largest absolute Gasteiger partial charge is 0.479 e. The van der Waals surface area contributed by atoms with Crippen LogP contribution < -0.4 is 11.1 Å². The molecule has 0 spiro atoms. The summed E-state index contributed by atoms with van der Waals surface area (Å²) in [6.45, 7) is 0.105. The summed E-state index contributed by atoms with van der Waals surface area (Å²) in [5, 5.41) is 20.0. The van der Waals surface area contributed by atoms with Gasteiger partial charge in [-0.25, -0.2) is 4.79 Å². The van der Waals surface area contributed by atoms with Crippen LogP contribution in [0.3, 0.4) is 0 Å². The number of aliphatic hydroxyl groups is 1. The second kappa shape index (κ2) is 7.50. The number of carbonyl (C=O) groups excluding carboxylic acids is 1. The number of carboxylic acids is 1. The van der Waals surface area contributed by atoms with Crippen molar-refractivity contribution in [2.75, 3.05) is 6.54 Å². The van der Waals surface area contributed by atoms with Gasteiger partial charge in [0.1, 0.15) is 0 Å². The van der Waals surface area contributed by atoms with Crippen LogP contribution in [0.2, 0.25) is 0 Å². The molecule has 0 heterocycles. The van der Waals surface area contributed by atoms with Crippen LogP contribution in [0.25, 0.3) is 0 Å². The van der Waals surface area contributed by atoms with Crippen LogP contribution in [0.4, 0.5) is 0 Å². The molecule has 6 nitrogen and oxygen atoms in total. The number of rotatable bonds is 7. The Morgan fingerprint density at radius 2 is 1.89 bits per heavy atom. The van der Waals surface area contributed by atoms with Crippen LogP contribution in [0.5, 0.6) is 0 Å². The van der Waals surface area contributed by atoms with E-state index in [1.54, 1.807) is 0 Å². The highest BCUT2D eigenvalue weighted by molar-refractivity contribution is 5.77. The molecule has 5 N–H and O–H groups in total. The standard InChI is InChI=1S/C13H18N2O4/c14-10(9-4-2-1-3-5-9)8-12(17)15-7-6-11(16)13(18)19/h1-5,10-11,16H,6-8,14H2,(H,15,17)(H,18,19)/t10?,11-/m0/s1. The predicted molar refractivity (Wildman–Crippen MR) is 69.3 cm³/mol. The third-order valence-corrected chi connectivity index (χ3v) is 2.66. The topological polar surface area (TPSA) is 113 Å². The lowest BCUT2D eigenvalue weighted by molar-refractivity contribution is -0.147. The van der Waals surface area contributed by atoms with E-state index < -0.39 is 18.1 Å². The molecule has 0 aliphatic rings. The van der Waals surface area contributed by atoms with E-state index in [9.17, 15) is 9.59 Å². The summed E-state index contributed by atoms with van der Waals surface area (Å²) in [7, 11) is 0. The van der Waals surface area contributed by atoms with Crippen LogP contribution in [0, 0.1) is 0 Å². The highest BCUT2D eigenvalue weighted by Crippen LogP contribution is 2.12. The van der Waals surface area contributed by atoms with Gasteiger partial charge in [-0.1, -0.05) is 30.3 Å². The molecule has 1 unspecified atom stereocenters. The van der Waals surface area contributed by atoms with E-state index in [1.165, 1.54) is 0 Å². The average Bonchev–Trinajstić information content (AvgIpc) is 2.39. The molecule has 2 atom stereocenters. The molecule has 104 valence electrons. The van der Waals surface area contributed by atoms with Gasteiger partial charge in [-0.15, -0.1) is 0 Å². The van der Waals surface area contributed by atoms with Gasteiger partial charge in [-0.2, -0.15) is 0 Å². The zero-order valence-corrected chi connectivity index (χ0v) is 10.5. The van der Waals surface area contributed by atoms with Crippen molar-refractivity contribution in [1.82, 2.24) is 5.32 Å². The van der Waals surface area contributed by atoms with Crippen molar-refractivity contribution in [3.63, 3.8) is 0 Å². The van der Waals surface area contributed by atoms with Gasteiger partial charge in [0.05, 0.1) is 0 Å². The number of nitrogens with two attached hydrogens (primary N) is 1. The summed E-state index contributed by atoms with van der Waals surface area (Å²) in [6, 6.07) is 8.83. The van der Waals surface area contributed by atoms with E-state index in [4.69, 9.17) is 15.9 Å². The first kappa shape index (κ1) is 15.1. The Kier molecular flexibility index (Phi) is 5.98. The van der Waals surface area contributed by atoms with E-state index in [-0.39, 0.29) is 25.3 Å². The molecular weight excluding hydrogens is 248 g/mol. The van der Waals surface area contributed by atoms with E-state index in [1.807, 2.05) is 30.3 Å². The average molecular weight is 266 g/mol. The maximum absolute atomic E-state index is 11.6. The van der Waals surface area contributed by atoms with Crippen molar-refractivity contribution in [3.05, 3.63) is 35.9 Å². The van der Waals surface area contributed by atoms with Gasteiger partial charge in [-0.05, 0) is 5.56 Å². The zero-order valence-electron chi connectivity index (χ0n) is 10.5. The fraction of sp³-hybridized carbons (Fsp3) is 0.385. The number of aliphatic hydroxyl groups excluding tert-OH is 1. The molecule has 19 heavy (non-hydrogen) atoms. The number of amides is 1. The molecule has 1 amide bonds. The molecule has 0 saturated carbocycles. The van der Waals surface area contributed by atoms with Gasteiger partial charge in [0.25, 0.3) is 0 Å². The van der Waals surface area contributed by atoms with Crippen molar-refractivity contribution in [2.45, 2.75) is 25.0 Å². The Bertz CT molecular complexity index is 422. The fourth-order valence-corrected chi connectivity index (χ4v) is 1.56. The quantitative estimate of drug-likeness (QED) is 0.556. The number of hydrogen-bond donors (Lipinski definition) is 4. The van der Waals surface area contributed by atoms with E-state index >= 15 is 0 Å². The van der Waals surface area contributed by atoms with Gasteiger partial charge in [0.2, 0.25) is 5.91 Å². The maximum Gasteiger partial charge on any atom is 0.332 e. The first-order valence-corrected chi connectivity index (χ1v) is 5.99. The highest BCUT2D eigenvalue weighted by Gasteiger charge is 2.14. The molecule has 0 aliphatic carbocycles. The Morgan fingerprint density at radius 3 is 2.47 bits per heavy atom. The van der Waals surface area contributed by atoms with Gasteiger partial charge in [-0.3, -0.25) is 4.79 Å². The molecule has 0 bridgehead atoms. The Balaban J connectivity index is 2.30. The summed E-state index contributed by atoms with van der Waals surface area (Å²) in [6.07, 6.45) is -1.36. The first-order valence-electron chi connectivity index (χ1n) is 5.99. The van der Waals surface area contributed by atoms with Crippen molar-refractivity contribution < 1.29 is 19.8 Å². The van der Waals surface area contributed by atoms with Crippen molar-refractivity contribution in [2.24, 2.45) is 5.73 Å². The fourth-order valence-electron chi connectivity index (χ4n) is 1.56. The number of carboxylic acid groups (broad SMARTS) is 1. The summed E-state index contributed by atoms with van der Waals surface area (Å²) in [5.41, 5.74) is 6.74. The Labute approximate surface area is 111 Å². The molecule has 6 heteroatoms. The molecule has 1 aromatic rings. The van der Waals surface area contributed by atoms with Crippen molar-refractivity contribution in [1.29, 1.82) is 0 Å². The number of benzene rings is 1. The van der Waals surface area contributed by atoms with Crippen LogP contribution in [-0.4, -0.2) is 34.7 Å². The minimum Gasteiger partial charge on any atom is -0.479 e.